The fourth-order valence-corrected chi connectivity index (χ4v) is 3.66. The summed E-state index contributed by atoms with van der Waals surface area (Å²) >= 11 is 2.07. The average molecular weight is 551 g/mol. The highest BCUT2D eigenvalue weighted by molar-refractivity contribution is 14.1. The van der Waals surface area contributed by atoms with E-state index in [1.165, 1.54) is 31.4 Å². The van der Waals surface area contributed by atoms with E-state index in [0.29, 0.717) is 23.7 Å². The Bertz CT molecular complexity index is 1120. The van der Waals surface area contributed by atoms with Crippen LogP contribution in [0, 0.1) is 9.39 Å². The summed E-state index contributed by atoms with van der Waals surface area (Å²) < 4.78 is 25.4. The van der Waals surface area contributed by atoms with Crippen LogP contribution in [0.25, 0.3) is 6.08 Å². The van der Waals surface area contributed by atoms with Crippen molar-refractivity contribution >= 4 is 52.2 Å². The van der Waals surface area contributed by atoms with Gasteiger partial charge in [0.15, 0.2) is 11.5 Å². The van der Waals surface area contributed by atoms with Crippen molar-refractivity contribution in [2.24, 2.45) is 0 Å². The number of nitrogens with one attached hydrogen (secondary N) is 2. The number of benzene rings is 2. The Labute approximate surface area is 197 Å². The van der Waals surface area contributed by atoms with E-state index in [1.54, 1.807) is 24.3 Å². The minimum Gasteiger partial charge on any atom is -0.493 e. The number of amides is 4. The molecular formula is C22H19FIN3O5. The summed E-state index contributed by atoms with van der Waals surface area (Å²) in [6.45, 7) is 3.34. The van der Waals surface area contributed by atoms with E-state index >= 15 is 0 Å². The number of carbonyl (C=O) groups is 3. The Hall–Kier alpha value is -3.41. The maximum atomic E-state index is 13.7. The largest absolute Gasteiger partial charge is 0.493 e. The van der Waals surface area contributed by atoms with Gasteiger partial charge in [-0.2, -0.15) is 0 Å². The molecule has 10 heteroatoms. The molecule has 2 N–H and O–H groups in total. The van der Waals surface area contributed by atoms with Gasteiger partial charge in [-0.1, -0.05) is 24.8 Å². The van der Waals surface area contributed by atoms with Gasteiger partial charge in [0.1, 0.15) is 24.7 Å². The molecule has 1 saturated heterocycles. The number of para-hydroxylation sites is 1. The third-order valence-corrected chi connectivity index (χ3v) is 5.12. The van der Waals surface area contributed by atoms with Gasteiger partial charge in [-0.15, -0.1) is 0 Å². The van der Waals surface area contributed by atoms with Gasteiger partial charge in [-0.25, -0.2) is 14.1 Å². The molecule has 8 nitrogen and oxygen atoms in total. The van der Waals surface area contributed by atoms with Crippen LogP contribution >= 0.6 is 22.6 Å². The van der Waals surface area contributed by atoms with E-state index < -0.39 is 30.2 Å². The van der Waals surface area contributed by atoms with Gasteiger partial charge in [0, 0.05) is 0 Å². The van der Waals surface area contributed by atoms with E-state index in [1.807, 2.05) is 0 Å². The monoisotopic (exact) mass is 551 g/mol. The molecule has 2 aromatic carbocycles. The van der Waals surface area contributed by atoms with Gasteiger partial charge in [0.05, 0.1) is 16.4 Å². The van der Waals surface area contributed by atoms with Gasteiger partial charge >= 0.3 is 6.03 Å². The maximum absolute atomic E-state index is 13.7. The zero-order chi connectivity index (χ0) is 23.3. The molecule has 0 bridgehead atoms. The second kappa shape index (κ2) is 10.3. The summed E-state index contributed by atoms with van der Waals surface area (Å²) in [5, 5.41) is 4.79. The Kier molecular flexibility index (Phi) is 7.46. The van der Waals surface area contributed by atoms with E-state index in [2.05, 4.69) is 39.8 Å². The molecule has 3 rings (SSSR count). The third kappa shape index (κ3) is 5.25. The molecule has 0 radical (unpaired) electrons. The third-order valence-electron chi connectivity index (χ3n) is 4.32. The molecule has 2 aromatic rings. The quantitative estimate of drug-likeness (QED) is 0.227. The lowest BCUT2D eigenvalue weighted by atomic mass is 10.1. The lowest BCUT2D eigenvalue weighted by Gasteiger charge is -2.13. The highest BCUT2D eigenvalue weighted by Crippen LogP contribution is 2.34. The number of methoxy groups -OCH3 is 1. The van der Waals surface area contributed by atoms with Crippen molar-refractivity contribution in [1.29, 1.82) is 0 Å². The molecular weight excluding hydrogens is 532 g/mol. The van der Waals surface area contributed by atoms with Crippen LogP contribution in [0.3, 0.4) is 0 Å². The first-order valence-corrected chi connectivity index (χ1v) is 10.4. The number of nitrogens with zero attached hydrogens (tertiary/aromatic N) is 1. The van der Waals surface area contributed by atoms with Gasteiger partial charge in [-0.3, -0.25) is 9.59 Å². The van der Waals surface area contributed by atoms with Crippen LogP contribution in [0.15, 0.2) is 54.8 Å². The molecule has 0 atom stereocenters. The second-order valence-electron chi connectivity index (χ2n) is 6.54. The Morgan fingerprint density at radius 1 is 1.31 bits per heavy atom. The number of hydrogen-bond donors (Lipinski definition) is 2. The van der Waals surface area contributed by atoms with Crippen LogP contribution in [0.5, 0.6) is 11.5 Å². The molecule has 4 amide bonds. The smallest absolute Gasteiger partial charge is 0.329 e. The fraction of sp³-hybridized carbons (Fsp3) is 0.136. The molecule has 0 aliphatic carbocycles. The van der Waals surface area contributed by atoms with E-state index in [9.17, 15) is 18.8 Å². The van der Waals surface area contributed by atoms with Crippen LogP contribution < -0.4 is 20.1 Å². The van der Waals surface area contributed by atoms with Crippen LogP contribution in [0.4, 0.5) is 14.9 Å². The Morgan fingerprint density at radius 3 is 2.75 bits per heavy atom. The van der Waals surface area contributed by atoms with Crippen molar-refractivity contribution in [1.82, 2.24) is 10.2 Å². The number of carbonyl (C=O) groups excluding carboxylic acids is 3. The van der Waals surface area contributed by atoms with Gasteiger partial charge < -0.3 is 20.1 Å². The number of anilines is 1. The molecule has 1 heterocycles. The van der Waals surface area contributed by atoms with Crippen molar-refractivity contribution in [3.05, 3.63) is 69.7 Å². The molecule has 1 fully saturated rings. The van der Waals surface area contributed by atoms with Gasteiger partial charge in [0.25, 0.3) is 5.91 Å². The van der Waals surface area contributed by atoms with E-state index in [-0.39, 0.29) is 11.4 Å². The zero-order valence-electron chi connectivity index (χ0n) is 17.0. The first-order chi connectivity index (χ1) is 15.3. The van der Waals surface area contributed by atoms with Crippen molar-refractivity contribution < 1.29 is 28.2 Å². The maximum Gasteiger partial charge on any atom is 0.329 e. The molecule has 1 aliphatic heterocycles. The lowest BCUT2D eigenvalue weighted by molar-refractivity contribution is -0.127. The summed E-state index contributed by atoms with van der Waals surface area (Å²) in [5.74, 6) is -1.03. The predicted octanol–water partition coefficient (Wildman–Crippen LogP) is 3.54. The van der Waals surface area contributed by atoms with Crippen LogP contribution in [0.2, 0.25) is 0 Å². The predicted molar refractivity (Wildman–Crippen MR) is 125 cm³/mol. The Morgan fingerprint density at radius 2 is 2.06 bits per heavy atom. The zero-order valence-corrected chi connectivity index (χ0v) is 19.1. The molecule has 166 valence electrons. The summed E-state index contributed by atoms with van der Waals surface area (Å²) in [6.07, 6.45) is 3.08. The van der Waals surface area contributed by atoms with E-state index in [0.717, 1.165) is 8.47 Å². The lowest BCUT2D eigenvalue weighted by Crippen LogP contribution is -2.38. The minimum absolute atomic E-state index is 0.00805. The molecule has 0 aromatic heterocycles. The summed E-state index contributed by atoms with van der Waals surface area (Å²) in [4.78, 5) is 37.9. The van der Waals surface area contributed by atoms with Crippen molar-refractivity contribution in [3.63, 3.8) is 0 Å². The van der Waals surface area contributed by atoms with Crippen LogP contribution in [-0.2, 0) is 9.59 Å². The van der Waals surface area contributed by atoms with Crippen molar-refractivity contribution in [3.8, 4) is 11.5 Å². The first kappa shape index (κ1) is 23.3. The first-order valence-electron chi connectivity index (χ1n) is 9.34. The number of ether oxygens (including phenoxy) is 2. The van der Waals surface area contributed by atoms with Crippen LogP contribution in [-0.4, -0.2) is 43.0 Å². The SMILES string of the molecule is C=CCOc1c(I)cc(/C=C2\NC(=O)N(CC(=O)Nc3ccccc3F)C2=O)cc1OC. The van der Waals surface area contributed by atoms with Crippen molar-refractivity contribution in [2.75, 3.05) is 25.6 Å². The molecule has 0 spiro atoms. The number of imide groups is 1. The summed E-state index contributed by atoms with van der Waals surface area (Å²) in [6, 6.07) is 8.25. The molecule has 0 unspecified atom stereocenters. The summed E-state index contributed by atoms with van der Waals surface area (Å²) in [5.41, 5.74) is 0.533. The number of rotatable bonds is 8. The molecule has 0 saturated carbocycles. The van der Waals surface area contributed by atoms with Gasteiger partial charge in [0.2, 0.25) is 5.91 Å². The molecule has 32 heavy (non-hydrogen) atoms. The highest BCUT2D eigenvalue weighted by Gasteiger charge is 2.35. The van der Waals surface area contributed by atoms with Crippen LogP contribution in [0.1, 0.15) is 5.56 Å². The Balaban J connectivity index is 1.76. The number of urea groups is 1. The number of halogens is 2. The minimum atomic E-state index is -0.752. The highest BCUT2D eigenvalue weighted by atomic mass is 127. The standard InChI is InChI=1S/C22H19FIN3O5/c1-3-8-32-20-15(24)9-13(11-18(20)31-2)10-17-21(29)27(22(30)26-17)12-19(28)25-16-7-5-4-6-14(16)23/h3-7,9-11H,1,8,12H2,2H3,(H,25,28)(H,26,30)/b17-10-. The summed E-state index contributed by atoms with van der Waals surface area (Å²) in [7, 11) is 1.49. The van der Waals surface area contributed by atoms with Gasteiger partial charge in [-0.05, 0) is 58.5 Å². The number of hydrogen-bond acceptors (Lipinski definition) is 5. The fourth-order valence-electron chi connectivity index (χ4n) is 2.88. The normalized spacial score (nSPS) is 14.3. The average Bonchev–Trinajstić information content (AvgIpc) is 3.01. The second-order valence-corrected chi connectivity index (χ2v) is 7.70. The molecule has 1 aliphatic rings. The van der Waals surface area contributed by atoms with E-state index in [4.69, 9.17) is 9.47 Å². The topological polar surface area (TPSA) is 97.0 Å². The van der Waals surface area contributed by atoms with Crippen molar-refractivity contribution in [2.45, 2.75) is 0 Å².